The number of carbonyl (C=O) groups excluding carboxylic acids is 1. The fraction of sp³-hybridized carbons (Fsp3) is 0.562. The first-order chi connectivity index (χ1) is 10.2. The summed E-state index contributed by atoms with van der Waals surface area (Å²) in [5, 5.41) is 0.747. The summed E-state index contributed by atoms with van der Waals surface area (Å²) in [7, 11) is 0. The van der Waals surface area contributed by atoms with Crippen LogP contribution in [0.2, 0.25) is 5.02 Å². The van der Waals surface area contributed by atoms with Gasteiger partial charge in [0, 0.05) is 37.6 Å². The van der Waals surface area contributed by atoms with Crippen molar-refractivity contribution in [3.63, 3.8) is 0 Å². The van der Waals surface area contributed by atoms with Gasteiger partial charge >= 0.3 is 0 Å². The van der Waals surface area contributed by atoms with E-state index in [2.05, 4.69) is 4.90 Å². The Hall–Kier alpha value is -1.10. The van der Waals surface area contributed by atoms with Crippen molar-refractivity contribution in [2.45, 2.75) is 19.3 Å². The Bertz CT molecular complexity index is 459. The number of hydrogen-bond acceptors (Lipinski definition) is 3. The van der Waals surface area contributed by atoms with E-state index in [1.165, 1.54) is 0 Å². The van der Waals surface area contributed by atoms with E-state index in [1.807, 2.05) is 29.2 Å². The van der Waals surface area contributed by atoms with Crippen molar-refractivity contribution in [1.29, 1.82) is 0 Å². The van der Waals surface area contributed by atoms with E-state index in [-0.39, 0.29) is 5.91 Å². The molecule has 21 heavy (non-hydrogen) atoms. The first-order valence-corrected chi connectivity index (χ1v) is 8.02. The molecule has 116 valence electrons. The van der Waals surface area contributed by atoms with E-state index in [9.17, 15) is 4.79 Å². The van der Waals surface area contributed by atoms with Gasteiger partial charge in [-0.3, -0.25) is 9.69 Å². The van der Waals surface area contributed by atoms with Crippen molar-refractivity contribution in [1.82, 2.24) is 9.80 Å². The van der Waals surface area contributed by atoms with Gasteiger partial charge in [0.2, 0.25) is 5.91 Å². The molecule has 2 rings (SSSR count). The first kappa shape index (κ1) is 16.3. The van der Waals surface area contributed by atoms with E-state index in [1.54, 1.807) is 0 Å². The average Bonchev–Trinajstić information content (AvgIpc) is 2.52. The van der Waals surface area contributed by atoms with Crippen LogP contribution in [0.3, 0.4) is 0 Å². The number of nitrogens with two attached hydrogens (primary N) is 1. The number of halogens is 1. The molecule has 1 aliphatic heterocycles. The third kappa shape index (κ3) is 4.99. The zero-order chi connectivity index (χ0) is 15.1. The van der Waals surface area contributed by atoms with Crippen LogP contribution in [0.25, 0.3) is 0 Å². The van der Waals surface area contributed by atoms with Gasteiger partial charge in [-0.15, -0.1) is 0 Å². The fourth-order valence-corrected chi connectivity index (χ4v) is 2.87. The molecular formula is C16H24ClN3O. The van der Waals surface area contributed by atoms with E-state index in [0.29, 0.717) is 12.8 Å². The summed E-state index contributed by atoms with van der Waals surface area (Å²) in [6.07, 6.45) is 2.28. The average molecular weight is 310 g/mol. The molecule has 1 aliphatic rings. The molecule has 1 heterocycles. The maximum Gasteiger partial charge on any atom is 0.222 e. The zero-order valence-electron chi connectivity index (χ0n) is 12.4. The predicted molar refractivity (Wildman–Crippen MR) is 86.5 cm³/mol. The van der Waals surface area contributed by atoms with Gasteiger partial charge in [-0.25, -0.2) is 0 Å². The molecule has 1 aromatic rings. The lowest BCUT2D eigenvalue weighted by Crippen LogP contribution is -2.49. The minimum atomic E-state index is 0.230. The lowest BCUT2D eigenvalue weighted by Gasteiger charge is -2.34. The Morgan fingerprint density at radius 3 is 2.57 bits per heavy atom. The summed E-state index contributed by atoms with van der Waals surface area (Å²) in [6.45, 7) is 5.34. The summed E-state index contributed by atoms with van der Waals surface area (Å²) < 4.78 is 0. The molecule has 4 nitrogen and oxygen atoms in total. The standard InChI is InChI=1S/C16H24ClN3O/c17-15-5-2-1-4-14(15)6-7-16(21)20-12-10-19(11-13-20)9-3-8-18/h1-2,4-5H,3,6-13,18H2. The van der Waals surface area contributed by atoms with E-state index < -0.39 is 0 Å². The summed E-state index contributed by atoms with van der Waals surface area (Å²) in [6, 6.07) is 7.73. The van der Waals surface area contributed by atoms with Crippen LogP contribution in [0.15, 0.2) is 24.3 Å². The quantitative estimate of drug-likeness (QED) is 0.871. The van der Waals surface area contributed by atoms with E-state index in [0.717, 1.165) is 56.3 Å². The molecule has 1 saturated heterocycles. The van der Waals surface area contributed by atoms with E-state index >= 15 is 0 Å². The highest BCUT2D eigenvalue weighted by atomic mass is 35.5. The maximum absolute atomic E-state index is 12.2. The summed E-state index contributed by atoms with van der Waals surface area (Å²) in [5.74, 6) is 0.230. The van der Waals surface area contributed by atoms with Crippen molar-refractivity contribution in [2.24, 2.45) is 5.73 Å². The number of rotatable bonds is 6. The zero-order valence-corrected chi connectivity index (χ0v) is 13.2. The normalized spacial score (nSPS) is 16.2. The Morgan fingerprint density at radius 2 is 1.90 bits per heavy atom. The Labute approximate surface area is 131 Å². The Morgan fingerprint density at radius 1 is 1.19 bits per heavy atom. The highest BCUT2D eigenvalue weighted by Gasteiger charge is 2.20. The van der Waals surface area contributed by atoms with Crippen molar-refractivity contribution < 1.29 is 4.79 Å². The molecule has 0 spiro atoms. The topological polar surface area (TPSA) is 49.6 Å². The molecule has 0 radical (unpaired) electrons. The van der Waals surface area contributed by atoms with Crippen molar-refractivity contribution in [2.75, 3.05) is 39.3 Å². The van der Waals surface area contributed by atoms with Gasteiger partial charge in [-0.2, -0.15) is 0 Å². The first-order valence-electron chi connectivity index (χ1n) is 7.64. The van der Waals surface area contributed by atoms with Gasteiger partial charge in [-0.1, -0.05) is 29.8 Å². The number of carbonyl (C=O) groups is 1. The van der Waals surface area contributed by atoms with Crippen LogP contribution >= 0.6 is 11.6 Å². The molecule has 0 aromatic heterocycles. The van der Waals surface area contributed by atoms with Crippen LogP contribution in [0.5, 0.6) is 0 Å². The molecule has 0 bridgehead atoms. The third-order valence-electron chi connectivity index (χ3n) is 3.97. The highest BCUT2D eigenvalue weighted by molar-refractivity contribution is 6.31. The predicted octanol–water partition coefficient (Wildman–Crippen LogP) is 1.77. The fourth-order valence-electron chi connectivity index (χ4n) is 2.64. The second-order valence-corrected chi connectivity index (χ2v) is 5.86. The summed E-state index contributed by atoms with van der Waals surface area (Å²) in [4.78, 5) is 16.6. The van der Waals surface area contributed by atoms with Crippen molar-refractivity contribution in [3.8, 4) is 0 Å². The molecule has 5 heteroatoms. The molecule has 2 N–H and O–H groups in total. The largest absolute Gasteiger partial charge is 0.340 e. The second-order valence-electron chi connectivity index (χ2n) is 5.46. The van der Waals surface area contributed by atoms with Gasteiger partial charge < -0.3 is 10.6 Å². The van der Waals surface area contributed by atoms with Gasteiger partial charge in [0.1, 0.15) is 0 Å². The molecule has 0 aliphatic carbocycles. The van der Waals surface area contributed by atoms with Gasteiger partial charge in [-0.05, 0) is 37.6 Å². The smallest absolute Gasteiger partial charge is 0.222 e. The summed E-state index contributed by atoms with van der Waals surface area (Å²) >= 11 is 6.12. The number of benzene rings is 1. The van der Waals surface area contributed by atoms with E-state index in [4.69, 9.17) is 17.3 Å². The molecular weight excluding hydrogens is 286 g/mol. The number of aryl methyl sites for hydroxylation is 1. The molecule has 1 fully saturated rings. The van der Waals surface area contributed by atoms with Crippen LogP contribution < -0.4 is 5.73 Å². The third-order valence-corrected chi connectivity index (χ3v) is 4.34. The minimum absolute atomic E-state index is 0.230. The minimum Gasteiger partial charge on any atom is -0.340 e. The second kappa shape index (κ2) is 8.37. The van der Waals surface area contributed by atoms with Gasteiger partial charge in [0.25, 0.3) is 0 Å². The molecule has 0 saturated carbocycles. The number of hydrogen-bond donors (Lipinski definition) is 1. The lowest BCUT2D eigenvalue weighted by molar-refractivity contribution is -0.132. The molecule has 0 atom stereocenters. The molecule has 0 unspecified atom stereocenters. The lowest BCUT2D eigenvalue weighted by atomic mass is 10.1. The maximum atomic E-state index is 12.2. The SMILES string of the molecule is NCCCN1CCN(C(=O)CCc2ccccc2Cl)CC1. The van der Waals surface area contributed by atoms with Crippen LogP contribution in [-0.4, -0.2) is 55.0 Å². The number of amides is 1. The monoisotopic (exact) mass is 309 g/mol. The van der Waals surface area contributed by atoms with Crippen LogP contribution in [0, 0.1) is 0 Å². The van der Waals surface area contributed by atoms with Crippen molar-refractivity contribution in [3.05, 3.63) is 34.9 Å². The van der Waals surface area contributed by atoms with Gasteiger partial charge in [0.15, 0.2) is 0 Å². The van der Waals surface area contributed by atoms with Crippen LogP contribution in [0.4, 0.5) is 0 Å². The number of nitrogens with zero attached hydrogens (tertiary/aromatic N) is 2. The van der Waals surface area contributed by atoms with Crippen molar-refractivity contribution >= 4 is 17.5 Å². The molecule has 1 amide bonds. The Balaban J connectivity index is 1.74. The van der Waals surface area contributed by atoms with Gasteiger partial charge in [0.05, 0.1) is 0 Å². The van der Waals surface area contributed by atoms with Crippen LogP contribution in [-0.2, 0) is 11.2 Å². The highest BCUT2D eigenvalue weighted by Crippen LogP contribution is 2.17. The molecule has 1 aromatic carbocycles. The summed E-state index contributed by atoms with van der Waals surface area (Å²) in [5.41, 5.74) is 6.58. The van der Waals surface area contributed by atoms with Crippen LogP contribution in [0.1, 0.15) is 18.4 Å². The Kier molecular flexibility index (Phi) is 6.49. The number of piperazine rings is 1.